The molecule has 0 radical (unpaired) electrons. The van der Waals surface area contributed by atoms with Gasteiger partial charge in [0.1, 0.15) is 17.4 Å². The quantitative estimate of drug-likeness (QED) is 0.891. The van der Waals surface area contributed by atoms with E-state index in [0.29, 0.717) is 24.3 Å². The van der Waals surface area contributed by atoms with Crippen LogP contribution >= 0.6 is 0 Å². The Morgan fingerprint density at radius 3 is 2.45 bits per heavy atom. The van der Waals surface area contributed by atoms with Crippen LogP contribution in [-0.4, -0.2) is 19.6 Å². The zero-order valence-corrected chi connectivity index (χ0v) is 12.2. The van der Waals surface area contributed by atoms with Crippen molar-refractivity contribution in [2.24, 2.45) is 0 Å². The molecule has 0 bridgehead atoms. The van der Waals surface area contributed by atoms with Crippen molar-refractivity contribution in [1.82, 2.24) is 5.32 Å². The highest BCUT2D eigenvalue weighted by molar-refractivity contribution is 5.78. The summed E-state index contributed by atoms with van der Waals surface area (Å²) in [5.74, 6) is -0.244. The SMILES string of the molecule is COc1ccc(F)cc1CCNC(=O)Cc1ccc(F)cc1. The van der Waals surface area contributed by atoms with Crippen molar-refractivity contribution in [3.05, 3.63) is 65.2 Å². The van der Waals surface area contributed by atoms with Crippen LogP contribution in [0.3, 0.4) is 0 Å². The molecule has 0 atom stereocenters. The zero-order valence-electron chi connectivity index (χ0n) is 12.2. The Morgan fingerprint density at radius 1 is 1.09 bits per heavy atom. The molecule has 0 saturated carbocycles. The van der Waals surface area contributed by atoms with Crippen LogP contribution in [0.4, 0.5) is 8.78 Å². The Kier molecular flexibility index (Phi) is 5.47. The molecule has 1 N–H and O–H groups in total. The number of carbonyl (C=O) groups is 1. The standard InChI is InChI=1S/C17H17F2NO2/c1-22-16-7-6-15(19)11-13(16)8-9-20-17(21)10-12-2-4-14(18)5-3-12/h2-7,11H,8-10H2,1H3,(H,20,21). The first-order valence-corrected chi connectivity index (χ1v) is 6.92. The number of rotatable bonds is 6. The predicted molar refractivity (Wildman–Crippen MR) is 79.8 cm³/mol. The molecule has 2 aromatic rings. The third-order valence-corrected chi connectivity index (χ3v) is 3.24. The number of benzene rings is 2. The Labute approximate surface area is 127 Å². The van der Waals surface area contributed by atoms with E-state index in [-0.39, 0.29) is 24.0 Å². The van der Waals surface area contributed by atoms with E-state index >= 15 is 0 Å². The Hall–Kier alpha value is -2.43. The van der Waals surface area contributed by atoms with Gasteiger partial charge in [-0.1, -0.05) is 12.1 Å². The minimum Gasteiger partial charge on any atom is -0.496 e. The van der Waals surface area contributed by atoms with Crippen LogP contribution in [0, 0.1) is 11.6 Å². The highest BCUT2D eigenvalue weighted by atomic mass is 19.1. The van der Waals surface area contributed by atoms with Gasteiger partial charge in [-0.05, 0) is 47.9 Å². The number of hydrogen-bond acceptors (Lipinski definition) is 2. The lowest BCUT2D eigenvalue weighted by molar-refractivity contribution is -0.120. The molecule has 0 aromatic heterocycles. The molecule has 2 aromatic carbocycles. The van der Waals surface area contributed by atoms with E-state index in [1.165, 1.54) is 31.4 Å². The number of hydrogen-bond donors (Lipinski definition) is 1. The number of amides is 1. The third-order valence-electron chi connectivity index (χ3n) is 3.24. The second-order valence-electron chi connectivity index (χ2n) is 4.86. The summed E-state index contributed by atoms with van der Waals surface area (Å²) in [6, 6.07) is 10.1. The Morgan fingerprint density at radius 2 is 1.77 bits per heavy atom. The van der Waals surface area contributed by atoms with E-state index in [2.05, 4.69) is 5.32 Å². The van der Waals surface area contributed by atoms with Gasteiger partial charge in [0, 0.05) is 6.54 Å². The molecule has 0 fully saturated rings. The lowest BCUT2D eigenvalue weighted by Gasteiger charge is -2.09. The summed E-state index contributed by atoms with van der Waals surface area (Å²) >= 11 is 0. The average Bonchev–Trinajstić information content (AvgIpc) is 2.50. The molecule has 0 aliphatic heterocycles. The third kappa shape index (κ3) is 4.55. The van der Waals surface area contributed by atoms with Crippen LogP contribution in [0.15, 0.2) is 42.5 Å². The fourth-order valence-electron chi connectivity index (χ4n) is 2.13. The molecule has 0 heterocycles. The van der Waals surface area contributed by atoms with Crippen LogP contribution in [0.2, 0.25) is 0 Å². The minimum atomic E-state index is -0.339. The highest BCUT2D eigenvalue weighted by Crippen LogP contribution is 2.19. The fourth-order valence-corrected chi connectivity index (χ4v) is 2.13. The van der Waals surface area contributed by atoms with Gasteiger partial charge in [0.25, 0.3) is 0 Å². The van der Waals surface area contributed by atoms with Crippen molar-refractivity contribution in [2.75, 3.05) is 13.7 Å². The first kappa shape index (κ1) is 15.9. The van der Waals surface area contributed by atoms with E-state index < -0.39 is 0 Å². The molecule has 0 spiro atoms. The van der Waals surface area contributed by atoms with Crippen LogP contribution in [0.5, 0.6) is 5.75 Å². The van der Waals surface area contributed by atoms with E-state index in [1.807, 2.05) is 0 Å². The van der Waals surface area contributed by atoms with Gasteiger partial charge in [0.2, 0.25) is 5.91 Å². The topological polar surface area (TPSA) is 38.3 Å². The lowest BCUT2D eigenvalue weighted by atomic mass is 10.1. The number of methoxy groups -OCH3 is 1. The second kappa shape index (κ2) is 7.54. The number of ether oxygens (including phenoxy) is 1. The summed E-state index contributed by atoms with van der Waals surface area (Å²) in [4.78, 5) is 11.8. The maximum absolute atomic E-state index is 13.2. The zero-order chi connectivity index (χ0) is 15.9. The van der Waals surface area contributed by atoms with Crippen LogP contribution in [-0.2, 0) is 17.6 Å². The molecule has 3 nitrogen and oxygen atoms in total. The van der Waals surface area contributed by atoms with Crippen LogP contribution in [0.1, 0.15) is 11.1 Å². The van der Waals surface area contributed by atoms with Crippen molar-refractivity contribution in [2.45, 2.75) is 12.8 Å². The Balaban J connectivity index is 1.84. The molecule has 0 unspecified atom stereocenters. The van der Waals surface area contributed by atoms with E-state index in [4.69, 9.17) is 4.74 Å². The van der Waals surface area contributed by atoms with Gasteiger partial charge in [0.15, 0.2) is 0 Å². The summed E-state index contributed by atoms with van der Waals surface area (Å²) in [5, 5.41) is 2.75. The monoisotopic (exact) mass is 305 g/mol. The molecule has 2 rings (SSSR count). The van der Waals surface area contributed by atoms with Gasteiger partial charge < -0.3 is 10.1 Å². The molecule has 22 heavy (non-hydrogen) atoms. The second-order valence-corrected chi connectivity index (χ2v) is 4.86. The molecular formula is C17H17F2NO2. The Bertz CT molecular complexity index is 642. The predicted octanol–water partition coefficient (Wildman–Crippen LogP) is 2.87. The van der Waals surface area contributed by atoms with E-state index in [9.17, 15) is 13.6 Å². The molecule has 0 aliphatic rings. The van der Waals surface area contributed by atoms with Gasteiger partial charge in [-0.25, -0.2) is 8.78 Å². The van der Waals surface area contributed by atoms with E-state index in [1.54, 1.807) is 18.2 Å². The average molecular weight is 305 g/mol. The maximum atomic E-state index is 13.2. The molecule has 5 heteroatoms. The summed E-state index contributed by atoms with van der Waals surface area (Å²) in [5.41, 5.74) is 1.44. The molecule has 0 saturated heterocycles. The molecular weight excluding hydrogens is 288 g/mol. The first-order valence-electron chi connectivity index (χ1n) is 6.92. The van der Waals surface area contributed by atoms with E-state index in [0.717, 1.165) is 5.56 Å². The van der Waals surface area contributed by atoms with Crippen LogP contribution in [0.25, 0.3) is 0 Å². The molecule has 0 aliphatic carbocycles. The van der Waals surface area contributed by atoms with Gasteiger partial charge >= 0.3 is 0 Å². The maximum Gasteiger partial charge on any atom is 0.224 e. The van der Waals surface area contributed by atoms with Crippen molar-refractivity contribution < 1.29 is 18.3 Å². The lowest BCUT2D eigenvalue weighted by Crippen LogP contribution is -2.27. The van der Waals surface area contributed by atoms with Gasteiger partial charge in [-0.3, -0.25) is 4.79 Å². The highest BCUT2D eigenvalue weighted by Gasteiger charge is 2.07. The minimum absolute atomic E-state index is 0.165. The molecule has 1 amide bonds. The van der Waals surface area contributed by atoms with Gasteiger partial charge in [-0.15, -0.1) is 0 Å². The fraction of sp³-hybridized carbons (Fsp3) is 0.235. The summed E-state index contributed by atoms with van der Waals surface area (Å²) in [6.45, 7) is 0.375. The first-order chi connectivity index (χ1) is 10.6. The smallest absolute Gasteiger partial charge is 0.224 e. The van der Waals surface area contributed by atoms with Crippen molar-refractivity contribution in [1.29, 1.82) is 0 Å². The van der Waals surface area contributed by atoms with Gasteiger partial charge in [-0.2, -0.15) is 0 Å². The molecule has 116 valence electrons. The normalized spacial score (nSPS) is 10.3. The number of halogens is 2. The van der Waals surface area contributed by atoms with Crippen molar-refractivity contribution >= 4 is 5.91 Å². The largest absolute Gasteiger partial charge is 0.496 e. The number of carbonyl (C=O) groups excluding carboxylic acids is 1. The van der Waals surface area contributed by atoms with Gasteiger partial charge in [0.05, 0.1) is 13.5 Å². The van der Waals surface area contributed by atoms with Crippen molar-refractivity contribution in [3.8, 4) is 5.75 Å². The summed E-state index contributed by atoms with van der Waals surface area (Å²) in [6.07, 6.45) is 0.649. The summed E-state index contributed by atoms with van der Waals surface area (Å²) < 4.78 is 31.1. The van der Waals surface area contributed by atoms with Crippen LogP contribution < -0.4 is 10.1 Å². The van der Waals surface area contributed by atoms with Crippen molar-refractivity contribution in [3.63, 3.8) is 0 Å². The number of nitrogens with one attached hydrogen (secondary N) is 1. The summed E-state index contributed by atoms with van der Waals surface area (Å²) in [7, 11) is 1.52.